The van der Waals surface area contributed by atoms with E-state index in [9.17, 15) is 0 Å². The van der Waals surface area contributed by atoms with E-state index in [2.05, 4.69) is 55.9 Å². The highest BCUT2D eigenvalue weighted by Crippen LogP contribution is 2.41. The summed E-state index contributed by atoms with van der Waals surface area (Å²) in [5, 5.41) is 0. The number of rotatable bonds is 6. The van der Waals surface area contributed by atoms with Crippen molar-refractivity contribution < 1.29 is 14.2 Å². The van der Waals surface area contributed by atoms with Gasteiger partial charge in [0.15, 0.2) is 11.5 Å². The summed E-state index contributed by atoms with van der Waals surface area (Å²) in [6, 6.07) is 19.5. The molecule has 0 saturated carbocycles. The highest BCUT2D eigenvalue weighted by atomic mass is 16.5. The normalized spacial score (nSPS) is 14.6. The van der Waals surface area contributed by atoms with E-state index in [0.717, 1.165) is 28.4 Å². The fourth-order valence-electron chi connectivity index (χ4n) is 4.05. The van der Waals surface area contributed by atoms with Gasteiger partial charge in [-0.25, -0.2) is 0 Å². The van der Waals surface area contributed by atoms with Gasteiger partial charge < -0.3 is 19.1 Å². The summed E-state index contributed by atoms with van der Waals surface area (Å²) < 4.78 is 17.0. The van der Waals surface area contributed by atoms with Crippen molar-refractivity contribution in [1.29, 1.82) is 0 Å². The Morgan fingerprint density at radius 1 is 0.879 bits per heavy atom. The van der Waals surface area contributed by atoms with Gasteiger partial charge in [-0.15, -0.1) is 0 Å². The van der Waals surface area contributed by atoms with Gasteiger partial charge in [-0.3, -0.25) is 4.99 Å². The van der Waals surface area contributed by atoms with Gasteiger partial charge in [-0.2, -0.15) is 0 Å². The summed E-state index contributed by atoms with van der Waals surface area (Å²) in [6.45, 7) is 6.58. The minimum atomic E-state index is -0.0503. The van der Waals surface area contributed by atoms with Crippen molar-refractivity contribution in [3.8, 4) is 23.0 Å². The second-order valence-electron chi connectivity index (χ2n) is 8.66. The van der Waals surface area contributed by atoms with E-state index < -0.39 is 0 Å². The molecule has 1 aliphatic heterocycles. The molecule has 33 heavy (non-hydrogen) atoms. The molecule has 3 aromatic carbocycles. The second kappa shape index (κ2) is 9.02. The first-order valence-corrected chi connectivity index (χ1v) is 10.9. The fourth-order valence-corrected chi connectivity index (χ4v) is 4.05. The average Bonchev–Trinajstić information content (AvgIpc) is 2.82. The number of likely N-dealkylation sites (N-methyl/N-ethyl adjacent to an activating group) is 1. The highest BCUT2D eigenvalue weighted by molar-refractivity contribution is 5.91. The van der Waals surface area contributed by atoms with E-state index in [1.54, 1.807) is 14.2 Å². The van der Waals surface area contributed by atoms with Crippen LogP contribution in [0.2, 0.25) is 0 Å². The Morgan fingerprint density at radius 2 is 1.55 bits per heavy atom. The number of fused-ring (bicyclic) bond motifs is 1. The minimum absolute atomic E-state index is 0.0503. The van der Waals surface area contributed by atoms with Gasteiger partial charge in [0.2, 0.25) is 0 Å². The number of hydrogen-bond donors (Lipinski definition) is 0. The van der Waals surface area contributed by atoms with Crippen LogP contribution in [0.25, 0.3) is 5.57 Å². The number of hydrogen-bond acceptors (Lipinski definition) is 5. The summed E-state index contributed by atoms with van der Waals surface area (Å²) in [7, 11) is 5.44. The zero-order valence-corrected chi connectivity index (χ0v) is 20.0. The number of allylic oxidation sites excluding steroid dienone is 1. The maximum absolute atomic E-state index is 5.95. The molecule has 3 aromatic rings. The number of para-hydroxylation sites is 2. The molecule has 0 unspecified atom stereocenters. The monoisotopic (exact) mass is 442 g/mol. The molecule has 0 aromatic heterocycles. The number of aliphatic imine (C=N–C) groups is 1. The van der Waals surface area contributed by atoms with Gasteiger partial charge >= 0.3 is 0 Å². The zero-order chi connectivity index (χ0) is 23.6. The number of nitrogens with zero attached hydrogens (tertiary/aromatic N) is 2. The molecule has 0 radical (unpaired) electrons. The van der Waals surface area contributed by atoms with E-state index >= 15 is 0 Å². The third kappa shape index (κ3) is 4.58. The topological polar surface area (TPSA) is 43.3 Å². The SMILES string of the molecule is COc1cc2c(cc1C=Nc1ccc(Oc3ccccc3OC)cc1)C(C)=CC(C)(C)N2C. The molecule has 1 aliphatic rings. The van der Waals surface area contributed by atoms with Crippen LogP contribution in [0.5, 0.6) is 23.0 Å². The third-order valence-electron chi connectivity index (χ3n) is 6.05. The molecule has 5 heteroatoms. The fraction of sp³-hybridized carbons (Fsp3) is 0.250. The van der Waals surface area contributed by atoms with Crippen molar-refractivity contribution in [2.24, 2.45) is 4.99 Å². The van der Waals surface area contributed by atoms with Crippen LogP contribution in [0.1, 0.15) is 31.9 Å². The molecule has 1 heterocycles. The molecular weight excluding hydrogens is 412 g/mol. The minimum Gasteiger partial charge on any atom is -0.496 e. The Bertz CT molecular complexity index is 1210. The van der Waals surface area contributed by atoms with E-state index in [1.807, 2.05) is 54.7 Å². The molecule has 0 amide bonds. The van der Waals surface area contributed by atoms with Crippen molar-refractivity contribution in [3.63, 3.8) is 0 Å². The molecule has 0 spiro atoms. The van der Waals surface area contributed by atoms with Crippen molar-refractivity contribution in [3.05, 3.63) is 77.9 Å². The van der Waals surface area contributed by atoms with Crippen LogP contribution in [0.15, 0.2) is 71.7 Å². The predicted molar refractivity (Wildman–Crippen MR) is 136 cm³/mol. The van der Waals surface area contributed by atoms with Crippen LogP contribution >= 0.6 is 0 Å². The van der Waals surface area contributed by atoms with E-state index in [0.29, 0.717) is 11.5 Å². The van der Waals surface area contributed by atoms with Gasteiger partial charge in [0, 0.05) is 36.1 Å². The Balaban J connectivity index is 1.57. The third-order valence-corrected chi connectivity index (χ3v) is 6.05. The standard InChI is InChI=1S/C28H30N2O3/c1-19-17-28(2,3)30(4)24-16-27(32-6)20(15-23(19)24)18-29-21-11-13-22(14-12-21)33-26-10-8-7-9-25(26)31-5/h7-18H,1-6H3. The first-order valence-electron chi connectivity index (χ1n) is 10.9. The molecule has 0 aliphatic carbocycles. The van der Waals surface area contributed by atoms with E-state index in [4.69, 9.17) is 14.2 Å². The summed E-state index contributed by atoms with van der Waals surface area (Å²) in [6.07, 6.45) is 4.14. The van der Waals surface area contributed by atoms with Crippen LogP contribution < -0.4 is 19.1 Å². The number of ether oxygens (including phenoxy) is 3. The summed E-state index contributed by atoms with van der Waals surface area (Å²) in [5.41, 5.74) is 5.32. The molecule has 0 atom stereocenters. The number of methoxy groups -OCH3 is 2. The summed E-state index contributed by atoms with van der Waals surface area (Å²) in [5.74, 6) is 2.88. The van der Waals surface area contributed by atoms with Gasteiger partial charge in [0.25, 0.3) is 0 Å². The van der Waals surface area contributed by atoms with Crippen LogP contribution in [-0.4, -0.2) is 33.0 Å². The lowest BCUT2D eigenvalue weighted by Gasteiger charge is -2.40. The Kier molecular flexibility index (Phi) is 6.14. The van der Waals surface area contributed by atoms with Crippen LogP contribution in [0, 0.1) is 0 Å². The van der Waals surface area contributed by atoms with Gasteiger partial charge in [-0.05, 0) is 68.8 Å². The second-order valence-corrected chi connectivity index (χ2v) is 8.66. The summed E-state index contributed by atoms with van der Waals surface area (Å²) >= 11 is 0. The Labute approximate surface area is 195 Å². The van der Waals surface area contributed by atoms with Gasteiger partial charge in [-0.1, -0.05) is 18.2 Å². The van der Waals surface area contributed by atoms with Crippen LogP contribution in [0.3, 0.4) is 0 Å². The van der Waals surface area contributed by atoms with Gasteiger partial charge in [0.05, 0.1) is 25.4 Å². The number of benzene rings is 3. The van der Waals surface area contributed by atoms with Crippen molar-refractivity contribution in [2.75, 3.05) is 26.2 Å². The molecule has 0 saturated heterocycles. The maximum atomic E-state index is 5.95. The molecule has 0 fully saturated rings. The molecule has 170 valence electrons. The molecule has 5 nitrogen and oxygen atoms in total. The highest BCUT2D eigenvalue weighted by Gasteiger charge is 2.29. The van der Waals surface area contributed by atoms with Crippen molar-refractivity contribution in [1.82, 2.24) is 0 Å². The van der Waals surface area contributed by atoms with Crippen LogP contribution in [0.4, 0.5) is 11.4 Å². The lowest BCUT2D eigenvalue weighted by atomic mass is 9.88. The quantitative estimate of drug-likeness (QED) is 0.390. The molecule has 0 N–H and O–H groups in total. The van der Waals surface area contributed by atoms with E-state index in [1.165, 1.54) is 11.1 Å². The summed E-state index contributed by atoms with van der Waals surface area (Å²) in [4.78, 5) is 6.95. The first kappa shape index (κ1) is 22.5. The Morgan fingerprint density at radius 3 is 2.21 bits per heavy atom. The predicted octanol–water partition coefficient (Wildman–Crippen LogP) is 6.88. The molecule has 4 rings (SSSR count). The Hall–Kier alpha value is -3.73. The molecule has 0 bridgehead atoms. The first-order chi connectivity index (χ1) is 15.8. The molecular formula is C28H30N2O3. The average molecular weight is 443 g/mol. The largest absolute Gasteiger partial charge is 0.496 e. The van der Waals surface area contributed by atoms with Crippen LogP contribution in [-0.2, 0) is 0 Å². The van der Waals surface area contributed by atoms with Gasteiger partial charge in [0.1, 0.15) is 11.5 Å². The van der Waals surface area contributed by atoms with Crippen molar-refractivity contribution in [2.45, 2.75) is 26.3 Å². The lowest BCUT2D eigenvalue weighted by Crippen LogP contribution is -2.42. The van der Waals surface area contributed by atoms with Crippen molar-refractivity contribution >= 4 is 23.2 Å². The zero-order valence-electron chi connectivity index (χ0n) is 20.0. The lowest BCUT2D eigenvalue weighted by molar-refractivity contribution is 0.379. The smallest absolute Gasteiger partial charge is 0.169 e. The number of anilines is 1. The maximum Gasteiger partial charge on any atom is 0.169 e. The van der Waals surface area contributed by atoms with E-state index in [-0.39, 0.29) is 5.54 Å².